The van der Waals surface area contributed by atoms with Gasteiger partial charge in [0.1, 0.15) is 0 Å². The number of para-hydroxylation sites is 2. The molecule has 4 aromatic carbocycles. The van der Waals surface area contributed by atoms with Crippen LogP contribution in [0.1, 0.15) is 49.9 Å². The molecule has 1 atom stereocenters. The lowest BCUT2D eigenvalue weighted by molar-refractivity contribution is 0.0914. The van der Waals surface area contributed by atoms with Gasteiger partial charge in [0, 0.05) is 34.5 Å². The Kier molecular flexibility index (Phi) is 8.14. The minimum absolute atomic E-state index is 0.216. The van der Waals surface area contributed by atoms with Gasteiger partial charge in [0.05, 0.1) is 33.5 Å². The van der Waals surface area contributed by atoms with Gasteiger partial charge in [-0.15, -0.1) is 0 Å². The van der Waals surface area contributed by atoms with Crippen LogP contribution >= 0.6 is 0 Å². The van der Waals surface area contributed by atoms with Gasteiger partial charge in [-0.1, -0.05) is 60.7 Å². The molecule has 0 aliphatic carbocycles. The van der Waals surface area contributed by atoms with Crippen LogP contribution in [0.4, 0.5) is 0 Å². The Bertz CT molecular complexity index is 2100. The van der Waals surface area contributed by atoms with Crippen LogP contribution in [-0.4, -0.2) is 34.4 Å². The number of aryl methyl sites for hydroxylation is 4. The highest BCUT2D eigenvalue weighted by Crippen LogP contribution is 2.28. The number of nitrogens with one attached hydrogen (secondary N) is 2. The summed E-state index contributed by atoms with van der Waals surface area (Å²) in [6, 6.07) is 31.1. The number of aromatic nitrogens is 2. The van der Waals surface area contributed by atoms with Gasteiger partial charge in [-0.3, -0.25) is 9.59 Å². The van der Waals surface area contributed by atoms with Crippen molar-refractivity contribution in [3.63, 3.8) is 0 Å². The molecular weight excluding hydrogens is 556 g/mol. The molecule has 2 amide bonds. The number of rotatable bonds is 7. The average Bonchev–Trinajstić information content (AvgIpc) is 3.05. The van der Waals surface area contributed by atoms with Gasteiger partial charge in [-0.05, 0) is 93.3 Å². The maximum absolute atomic E-state index is 13.7. The molecule has 0 aliphatic heterocycles. The maximum atomic E-state index is 13.7. The molecule has 0 spiro atoms. The van der Waals surface area contributed by atoms with Gasteiger partial charge in [0.15, 0.2) is 0 Å². The van der Waals surface area contributed by atoms with E-state index in [2.05, 4.69) is 62.6 Å². The largest absolute Gasteiger partial charge is 0.350 e. The quantitative estimate of drug-likeness (QED) is 0.197. The van der Waals surface area contributed by atoms with Gasteiger partial charge < -0.3 is 10.6 Å². The van der Waals surface area contributed by atoms with Crippen LogP contribution in [0.2, 0.25) is 0 Å². The molecule has 2 heterocycles. The molecule has 0 fully saturated rings. The third-order valence-electron chi connectivity index (χ3n) is 8.47. The Balaban J connectivity index is 1.23. The van der Waals surface area contributed by atoms with Crippen molar-refractivity contribution in [2.75, 3.05) is 6.54 Å². The van der Waals surface area contributed by atoms with Crippen LogP contribution < -0.4 is 10.6 Å². The molecule has 6 rings (SSSR count). The monoisotopic (exact) mass is 592 g/mol. The van der Waals surface area contributed by atoms with Gasteiger partial charge in [0.25, 0.3) is 11.8 Å². The summed E-state index contributed by atoms with van der Waals surface area (Å²) in [6.07, 6.45) is 0. The SMILES string of the molecule is Cc1ccc(-c2cc(C(=O)NCC(C)NC(=O)c3cc(-c4ccc(C)c(C)c4)nc4ccccc34)c3ccccc3n2)cc1C. The predicted molar refractivity (Wildman–Crippen MR) is 183 cm³/mol. The molecule has 0 aliphatic rings. The zero-order valence-corrected chi connectivity index (χ0v) is 26.2. The van der Waals surface area contributed by atoms with Crippen LogP contribution in [0, 0.1) is 27.7 Å². The van der Waals surface area contributed by atoms with Crippen LogP contribution in [0.15, 0.2) is 97.1 Å². The normalized spacial score (nSPS) is 11.8. The molecule has 224 valence electrons. The number of hydrogen-bond acceptors (Lipinski definition) is 4. The van der Waals surface area contributed by atoms with Gasteiger partial charge in [0.2, 0.25) is 0 Å². The lowest BCUT2D eigenvalue weighted by Crippen LogP contribution is -2.42. The Morgan fingerprint density at radius 3 is 1.56 bits per heavy atom. The first-order chi connectivity index (χ1) is 21.7. The van der Waals surface area contributed by atoms with Crippen molar-refractivity contribution in [1.29, 1.82) is 0 Å². The first-order valence-corrected chi connectivity index (χ1v) is 15.2. The van der Waals surface area contributed by atoms with Crippen LogP contribution in [0.5, 0.6) is 0 Å². The van der Waals surface area contributed by atoms with Crippen molar-refractivity contribution >= 4 is 33.6 Å². The van der Waals surface area contributed by atoms with Crippen molar-refractivity contribution in [2.24, 2.45) is 0 Å². The molecule has 0 saturated carbocycles. The average molecular weight is 593 g/mol. The van der Waals surface area contributed by atoms with Crippen molar-refractivity contribution in [3.8, 4) is 22.5 Å². The maximum Gasteiger partial charge on any atom is 0.252 e. The highest BCUT2D eigenvalue weighted by Gasteiger charge is 2.19. The van der Waals surface area contributed by atoms with Crippen molar-refractivity contribution in [2.45, 2.75) is 40.7 Å². The minimum atomic E-state index is -0.328. The summed E-state index contributed by atoms with van der Waals surface area (Å²) in [5, 5.41) is 7.68. The molecule has 1 unspecified atom stereocenters. The highest BCUT2D eigenvalue weighted by molar-refractivity contribution is 6.08. The minimum Gasteiger partial charge on any atom is -0.350 e. The lowest BCUT2D eigenvalue weighted by Gasteiger charge is -2.17. The summed E-state index contributed by atoms with van der Waals surface area (Å²) in [6.45, 7) is 10.4. The Morgan fingerprint density at radius 2 is 1.07 bits per heavy atom. The fraction of sp³-hybridized carbons (Fsp3) is 0.179. The fourth-order valence-electron chi connectivity index (χ4n) is 5.52. The number of carbonyl (C=O) groups is 2. The summed E-state index contributed by atoms with van der Waals surface area (Å²) in [7, 11) is 0. The number of fused-ring (bicyclic) bond motifs is 2. The second kappa shape index (κ2) is 12.3. The van der Waals surface area contributed by atoms with Gasteiger partial charge in [-0.25, -0.2) is 9.97 Å². The van der Waals surface area contributed by atoms with E-state index >= 15 is 0 Å². The molecule has 0 bridgehead atoms. The highest BCUT2D eigenvalue weighted by atomic mass is 16.2. The molecule has 6 nitrogen and oxygen atoms in total. The van der Waals surface area contributed by atoms with E-state index in [1.54, 1.807) is 0 Å². The summed E-state index contributed by atoms with van der Waals surface area (Å²) in [5.41, 5.74) is 10.8. The first-order valence-electron chi connectivity index (χ1n) is 15.2. The molecule has 0 radical (unpaired) electrons. The number of nitrogens with zero attached hydrogens (tertiary/aromatic N) is 2. The van der Waals surface area contributed by atoms with Crippen LogP contribution in [-0.2, 0) is 0 Å². The zero-order chi connectivity index (χ0) is 31.7. The smallest absolute Gasteiger partial charge is 0.252 e. The zero-order valence-electron chi connectivity index (χ0n) is 26.2. The number of benzene rings is 4. The molecule has 45 heavy (non-hydrogen) atoms. The van der Waals surface area contributed by atoms with Gasteiger partial charge in [-0.2, -0.15) is 0 Å². The topological polar surface area (TPSA) is 84.0 Å². The van der Waals surface area contributed by atoms with Crippen molar-refractivity contribution in [1.82, 2.24) is 20.6 Å². The number of amides is 2. The summed E-state index contributed by atoms with van der Waals surface area (Å²) < 4.78 is 0. The predicted octanol–water partition coefficient (Wildman–Crippen LogP) is 7.90. The molecular formula is C39H36N4O2. The number of hydrogen-bond donors (Lipinski definition) is 2. The Hall–Kier alpha value is -5.36. The molecule has 6 heteroatoms. The van der Waals surface area contributed by atoms with E-state index in [0.29, 0.717) is 11.1 Å². The summed E-state index contributed by atoms with van der Waals surface area (Å²) >= 11 is 0. The van der Waals surface area contributed by atoms with E-state index in [1.807, 2.05) is 79.7 Å². The van der Waals surface area contributed by atoms with Crippen molar-refractivity contribution in [3.05, 3.63) is 130 Å². The third kappa shape index (κ3) is 6.18. The first kappa shape index (κ1) is 29.7. The number of pyridine rings is 2. The van der Waals surface area contributed by atoms with Crippen LogP contribution in [0.3, 0.4) is 0 Å². The fourth-order valence-corrected chi connectivity index (χ4v) is 5.52. The van der Waals surface area contributed by atoms with E-state index in [0.717, 1.165) is 44.3 Å². The van der Waals surface area contributed by atoms with Crippen LogP contribution in [0.25, 0.3) is 44.3 Å². The van der Waals surface area contributed by atoms with E-state index in [1.165, 1.54) is 22.3 Å². The Morgan fingerprint density at radius 1 is 0.600 bits per heavy atom. The van der Waals surface area contributed by atoms with E-state index < -0.39 is 0 Å². The van der Waals surface area contributed by atoms with E-state index in [9.17, 15) is 9.59 Å². The van der Waals surface area contributed by atoms with E-state index in [-0.39, 0.29) is 24.4 Å². The van der Waals surface area contributed by atoms with E-state index in [4.69, 9.17) is 9.97 Å². The molecule has 2 aromatic heterocycles. The molecule has 2 N–H and O–H groups in total. The number of carbonyl (C=O) groups excluding carboxylic acids is 2. The molecule has 0 saturated heterocycles. The Labute approximate surface area is 263 Å². The lowest BCUT2D eigenvalue weighted by atomic mass is 10.0. The summed E-state index contributed by atoms with van der Waals surface area (Å²) in [4.78, 5) is 36.9. The van der Waals surface area contributed by atoms with Gasteiger partial charge >= 0.3 is 0 Å². The van der Waals surface area contributed by atoms with Crippen molar-refractivity contribution < 1.29 is 9.59 Å². The second-order valence-corrected chi connectivity index (χ2v) is 11.8. The summed E-state index contributed by atoms with van der Waals surface area (Å²) in [5.74, 6) is -0.432. The standard InChI is InChI=1S/C39H36N4O2/c1-23-14-16-28(18-25(23)3)36-20-32(30-10-6-8-12-34(30)42-36)38(44)40-22-27(5)41-39(45)33-21-37(29-17-15-24(2)26(4)19-29)43-35-13-9-7-11-31(33)35/h6-21,27H,22H2,1-5H3,(H,40,44)(H,41,45). The molecule has 6 aromatic rings. The second-order valence-electron chi connectivity index (χ2n) is 11.8. The third-order valence-corrected chi connectivity index (χ3v) is 8.47.